The number of hydrogen-bond donors (Lipinski definition) is 0. The van der Waals surface area contributed by atoms with Gasteiger partial charge in [-0.15, -0.1) is 0 Å². The van der Waals surface area contributed by atoms with Crippen LogP contribution in [0.1, 0.15) is 65.3 Å². The van der Waals surface area contributed by atoms with Crippen LogP contribution < -0.4 is 5.19 Å². The summed E-state index contributed by atoms with van der Waals surface area (Å²) in [6.45, 7) is 16.2. The number of benzene rings is 5. The second kappa shape index (κ2) is 11.1. The Kier molecular flexibility index (Phi) is 7.48. The maximum absolute atomic E-state index is 2.74. The smallest absolute Gasteiger partial charge is 0.0624 e. The summed E-state index contributed by atoms with van der Waals surface area (Å²) in [6, 6.07) is 48.6. The summed E-state index contributed by atoms with van der Waals surface area (Å²) >= 11 is 0. The van der Waals surface area contributed by atoms with Gasteiger partial charge in [0.05, 0.1) is 0 Å². The van der Waals surface area contributed by atoms with Crippen molar-refractivity contribution in [3.05, 3.63) is 172 Å². The van der Waals surface area contributed by atoms with Gasteiger partial charge in [0.2, 0.25) is 0 Å². The lowest BCUT2D eigenvalue weighted by atomic mass is 9.88. The average Bonchev–Trinajstić information content (AvgIpc) is 3.32. The molecule has 6 rings (SSSR count). The van der Waals surface area contributed by atoms with Gasteiger partial charge < -0.3 is 0 Å². The molecule has 0 saturated carbocycles. The Morgan fingerprint density at radius 2 is 0.674 bits per heavy atom. The van der Waals surface area contributed by atoms with E-state index in [1.165, 1.54) is 71.2 Å². The third-order valence-corrected chi connectivity index (χ3v) is 15.2. The molecule has 5 aromatic rings. The molecule has 1 heteroatoms. The van der Waals surface area contributed by atoms with E-state index >= 15 is 0 Å². The van der Waals surface area contributed by atoms with Gasteiger partial charge in [0.1, 0.15) is 0 Å². The highest BCUT2D eigenvalue weighted by molar-refractivity contribution is 7.23. The van der Waals surface area contributed by atoms with Crippen molar-refractivity contribution in [1.82, 2.24) is 0 Å². The first kappa shape index (κ1) is 28.9. The summed E-state index contributed by atoms with van der Waals surface area (Å²) in [4.78, 5) is 0. The van der Waals surface area contributed by atoms with Gasteiger partial charge in [-0.3, -0.25) is 0 Å². The molecule has 0 spiro atoms. The van der Waals surface area contributed by atoms with Crippen LogP contribution in [0, 0.1) is 27.7 Å². The molecular formula is C42H42Si. The Bertz CT molecular complexity index is 1700. The molecule has 0 unspecified atom stereocenters. The Morgan fingerprint density at radius 3 is 0.977 bits per heavy atom. The Hall–Kier alpha value is -4.20. The molecule has 0 radical (unpaired) electrons. The van der Waals surface area contributed by atoms with Gasteiger partial charge in [-0.2, -0.15) is 0 Å². The summed E-state index contributed by atoms with van der Waals surface area (Å²) in [6.07, 6.45) is 0. The van der Waals surface area contributed by atoms with Crippen LogP contribution in [0.3, 0.4) is 0 Å². The minimum Gasteiger partial charge on any atom is -0.0624 e. The molecule has 0 saturated heterocycles. The van der Waals surface area contributed by atoms with Gasteiger partial charge in [0, 0.05) is 0 Å². The van der Waals surface area contributed by atoms with Crippen molar-refractivity contribution < 1.29 is 0 Å². The molecule has 0 amide bonds. The number of hydrogen-bond acceptors (Lipinski definition) is 0. The molecule has 0 fully saturated rings. The number of allylic oxidation sites excluding steroid dienone is 2. The fourth-order valence-corrected chi connectivity index (χ4v) is 13.5. The summed E-state index contributed by atoms with van der Waals surface area (Å²) in [5, 5.41) is 4.44. The van der Waals surface area contributed by atoms with Crippen LogP contribution in [0.5, 0.6) is 0 Å². The minimum atomic E-state index is -2.74. The van der Waals surface area contributed by atoms with Gasteiger partial charge >= 0.3 is 0 Å². The van der Waals surface area contributed by atoms with Gasteiger partial charge in [0.25, 0.3) is 0 Å². The molecule has 1 aliphatic heterocycles. The van der Waals surface area contributed by atoms with E-state index in [4.69, 9.17) is 0 Å². The molecular weight excluding hydrogens is 533 g/mol. The van der Waals surface area contributed by atoms with Crippen LogP contribution in [0.2, 0.25) is 5.04 Å². The largest absolute Gasteiger partial charge is 0.156 e. The van der Waals surface area contributed by atoms with Crippen molar-refractivity contribution in [2.24, 2.45) is 0 Å². The van der Waals surface area contributed by atoms with Crippen molar-refractivity contribution in [3.63, 3.8) is 0 Å². The quantitative estimate of drug-likeness (QED) is 0.183. The normalized spacial score (nSPS) is 14.9. The lowest BCUT2D eigenvalue weighted by Crippen LogP contribution is -2.56. The molecule has 0 aromatic heterocycles. The highest BCUT2D eigenvalue weighted by Crippen LogP contribution is 2.62. The number of aryl methyl sites for hydroxylation is 4. The molecule has 1 aliphatic rings. The highest BCUT2D eigenvalue weighted by atomic mass is 28.3. The highest BCUT2D eigenvalue weighted by Gasteiger charge is 2.58. The van der Waals surface area contributed by atoms with Crippen molar-refractivity contribution in [2.45, 2.75) is 53.5 Å². The first-order valence-electron chi connectivity index (χ1n) is 15.4. The van der Waals surface area contributed by atoms with Crippen LogP contribution in [-0.2, 0) is 0 Å². The van der Waals surface area contributed by atoms with Crippen LogP contribution in [0.15, 0.2) is 127 Å². The van der Waals surface area contributed by atoms with Crippen molar-refractivity contribution in [2.75, 3.05) is 0 Å². The second-order valence-corrected chi connectivity index (χ2v) is 17.9. The zero-order valence-corrected chi connectivity index (χ0v) is 27.6. The molecule has 0 N–H and O–H groups in total. The zero-order valence-electron chi connectivity index (χ0n) is 26.6. The first-order chi connectivity index (χ1) is 20.6. The molecule has 1 heterocycles. The summed E-state index contributed by atoms with van der Waals surface area (Å²) in [5.41, 5.74) is 13.1. The third kappa shape index (κ3) is 4.96. The average molecular weight is 575 g/mol. The van der Waals surface area contributed by atoms with Crippen molar-refractivity contribution in [3.8, 4) is 0 Å². The zero-order chi connectivity index (χ0) is 30.4. The van der Waals surface area contributed by atoms with Crippen molar-refractivity contribution in [1.29, 1.82) is 0 Å². The minimum absolute atomic E-state index is 0.0445. The third-order valence-electron chi connectivity index (χ3n) is 9.19. The van der Waals surface area contributed by atoms with Gasteiger partial charge in [-0.1, -0.05) is 170 Å². The van der Waals surface area contributed by atoms with E-state index in [2.05, 4.69) is 176 Å². The number of rotatable bonds is 5. The van der Waals surface area contributed by atoms with Gasteiger partial charge in [-0.05, 0) is 81.7 Å². The molecule has 43 heavy (non-hydrogen) atoms. The first-order valence-corrected chi connectivity index (χ1v) is 17.4. The predicted molar refractivity (Wildman–Crippen MR) is 190 cm³/mol. The van der Waals surface area contributed by atoms with Gasteiger partial charge in [0.15, 0.2) is 8.07 Å². The van der Waals surface area contributed by atoms with Gasteiger partial charge in [-0.25, -0.2) is 0 Å². The molecule has 0 bridgehead atoms. The molecule has 0 aliphatic carbocycles. The van der Waals surface area contributed by atoms with Crippen LogP contribution >= 0.6 is 0 Å². The lowest BCUT2D eigenvalue weighted by molar-refractivity contribution is 0.741. The molecule has 214 valence electrons. The SMILES string of the molecule is Cc1ccc(C2=C(c3ccc(C)cc3)[Si](c3ccccc3)(C(C)(C)C)C(c3ccc(C)cc3)=C2c2ccc(C)cc2)cc1. The Labute approximate surface area is 259 Å². The van der Waals surface area contributed by atoms with E-state index in [9.17, 15) is 0 Å². The van der Waals surface area contributed by atoms with Crippen LogP contribution in [0.4, 0.5) is 0 Å². The summed E-state index contributed by atoms with van der Waals surface area (Å²) < 4.78 is 0. The van der Waals surface area contributed by atoms with E-state index in [0.717, 1.165) is 0 Å². The Morgan fingerprint density at radius 1 is 0.372 bits per heavy atom. The molecule has 0 nitrogen and oxygen atoms in total. The van der Waals surface area contributed by atoms with E-state index in [1.807, 2.05) is 0 Å². The van der Waals surface area contributed by atoms with Crippen molar-refractivity contribution >= 4 is 34.8 Å². The standard InChI is InChI=1S/C42H42Si/c1-29-13-21-33(22-14-29)38-39(34-23-15-30(2)16-24-34)41(36-27-19-32(4)20-28-36)43(42(5,6)7,37-11-9-8-10-12-37)40(38)35-25-17-31(3)18-26-35/h8-28H,1-7H3. The fourth-order valence-electron chi connectivity index (χ4n) is 7.09. The molecule has 5 aromatic carbocycles. The fraction of sp³-hybridized carbons (Fsp3) is 0.190. The maximum atomic E-state index is 2.49. The van der Waals surface area contributed by atoms with E-state index in [0.29, 0.717) is 0 Å². The van der Waals surface area contributed by atoms with E-state index in [-0.39, 0.29) is 5.04 Å². The second-order valence-electron chi connectivity index (χ2n) is 13.3. The van der Waals surface area contributed by atoms with E-state index < -0.39 is 8.07 Å². The molecule has 0 atom stereocenters. The van der Waals surface area contributed by atoms with Crippen LogP contribution in [0.25, 0.3) is 21.5 Å². The Balaban J connectivity index is 1.90. The topological polar surface area (TPSA) is 0 Å². The predicted octanol–water partition coefficient (Wildman–Crippen LogP) is 10.7. The lowest BCUT2D eigenvalue weighted by Gasteiger charge is -2.45. The van der Waals surface area contributed by atoms with Crippen LogP contribution in [-0.4, -0.2) is 8.07 Å². The monoisotopic (exact) mass is 574 g/mol. The summed E-state index contributed by atoms with van der Waals surface area (Å²) in [5.74, 6) is 0. The summed E-state index contributed by atoms with van der Waals surface area (Å²) in [7, 11) is -2.74. The van der Waals surface area contributed by atoms with E-state index in [1.54, 1.807) is 0 Å². The maximum Gasteiger partial charge on any atom is 0.156 e.